The summed E-state index contributed by atoms with van der Waals surface area (Å²) < 4.78 is 0. The molecule has 1 rings (SSSR count). The van der Waals surface area contributed by atoms with Gasteiger partial charge in [0.1, 0.15) is 0 Å². The molecule has 3 N–H and O–H groups in total. The maximum atomic E-state index is 9.98. The Labute approximate surface area is 105 Å². The molecule has 0 aliphatic heterocycles. The molecule has 1 aromatic carbocycles. The molecule has 0 heterocycles. The minimum absolute atomic E-state index is 0.109. The van der Waals surface area contributed by atoms with Gasteiger partial charge in [-0.25, -0.2) is 0 Å². The molecule has 96 valence electrons. The van der Waals surface area contributed by atoms with E-state index in [0.717, 1.165) is 12.8 Å². The molecule has 3 atom stereocenters. The zero-order chi connectivity index (χ0) is 13.0. The molecule has 0 saturated carbocycles. The molecule has 0 spiro atoms. The number of hydrogen-bond acceptors (Lipinski definition) is 2. The zero-order valence-electron chi connectivity index (χ0n) is 11.4. The average molecular weight is 235 g/mol. The van der Waals surface area contributed by atoms with E-state index in [0.29, 0.717) is 5.92 Å². The van der Waals surface area contributed by atoms with Gasteiger partial charge in [-0.2, -0.15) is 0 Å². The van der Waals surface area contributed by atoms with Gasteiger partial charge in [0.25, 0.3) is 0 Å². The van der Waals surface area contributed by atoms with Crippen LogP contribution in [0.2, 0.25) is 0 Å². The molecule has 3 unspecified atom stereocenters. The standard InChI is InChI=1S/C15H25NO/c1-5-14(16)15(17)9-12(4)13-8-10(2)6-7-11(13)3/h6-8,12,14-15,17H,5,9,16H2,1-4H3. The normalized spacial score (nSPS) is 16.6. The quantitative estimate of drug-likeness (QED) is 0.824. The number of aliphatic hydroxyl groups is 1. The second-order valence-electron chi connectivity index (χ2n) is 5.14. The monoisotopic (exact) mass is 235 g/mol. The summed E-state index contributed by atoms with van der Waals surface area (Å²) in [6.07, 6.45) is 1.15. The smallest absolute Gasteiger partial charge is 0.0696 e. The molecule has 0 saturated heterocycles. The maximum absolute atomic E-state index is 9.98. The van der Waals surface area contributed by atoms with Crippen LogP contribution in [0.4, 0.5) is 0 Å². The summed E-state index contributed by atoms with van der Waals surface area (Å²) in [6.45, 7) is 8.39. The summed E-state index contributed by atoms with van der Waals surface area (Å²) in [7, 11) is 0. The van der Waals surface area contributed by atoms with Crippen LogP contribution in [0.5, 0.6) is 0 Å². The fraction of sp³-hybridized carbons (Fsp3) is 0.600. The molecule has 0 radical (unpaired) electrons. The Morgan fingerprint density at radius 1 is 1.29 bits per heavy atom. The van der Waals surface area contributed by atoms with Crippen LogP contribution in [-0.4, -0.2) is 17.3 Å². The molecule has 0 fully saturated rings. The first-order valence-corrected chi connectivity index (χ1v) is 6.46. The van der Waals surface area contributed by atoms with Gasteiger partial charge in [-0.15, -0.1) is 0 Å². The van der Waals surface area contributed by atoms with Gasteiger partial charge in [-0.1, -0.05) is 37.6 Å². The number of aryl methyl sites for hydroxylation is 2. The van der Waals surface area contributed by atoms with Crippen LogP contribution in [0.15, 0.2) is 18.2 Å². The first-order valence-electron chi connectivity index (χ1n) is 6.46. The van der Waals surface area contributed by atoms with E-state index in [1.165, 1.54) is 16.7 Å². The van der Waals surface area contributed by atoms with Gasteiger partial charge >= 0.3 is 0 Å². The van der Waals surface area contributed by atoms with E-state index in [4.69, 9.17) is 5.73 Å². The third-order valence-electron chi connectivity index (χ3n) is 3.53. The van der Waals surface area contributed by atoms with Crippen LogP contribution in [0.1, 0.15) is 49.3 Å². The van der Waals surface area contributed by atoms with E-state index in [9.17, 15) is 5.11 Å². The predicted octanol–water partition coefficient (Wildman–Crippen LogP) is 2.90. The number of rotatable bonds is 5. The van der Waals surface area contributed by atoms with Crippen molar-refractivity contribution in [3.05, 3.63) is 34.9 Å². The third kappa shape index (κ3) is 3.83. The summed E-state index contributed by atoms with van der Waals surface area (Å²) in [5.41, 5.74) is 9.75. The van der Waals surface area contributed by atoms with E-state index >= 15 is 0 Å². The number of benzene rings is 1. The molecule has 2 heteroatoms. The lowest BCUT2D eigenvalue weighted by atomic mass is 9.88. The lowest BCUT2D eigenvalue weighted by Gasteiger charge is -2.22. The fourth-order valence-electron chi connectivity index (χ4n) is 2.23. The average Bonchev–Trinajstić information content (AvgIpc) is 2.30. The van der Waals surface area contributed by atoms with Crippen LogP contribution in [-0.2, 0) is 0 Å². The second-order valence-corrected chi connectivity index (χ2v) is 5.14. The van der Waals surface area contributed by atoms with E-state index in [1.54, 1.807) is 0 Å². The van der Waals surface area contributed by atoms with E-state index in [-0.39, 0.29) is 6.04 Å². The van der Waals surface area contributed by atoms with Crippen LogP contribution in [0, 0.1) is 13.8 Å². The highest BCUT2D eigenvalue weighted by Crippen LogP contribution is 2.25. The van der Waals surface area contributed by atoms with Gasteiger partial charge in [-0.3, -0.25) is 0 Å². The molecule has 1 aromatic rings. The highest BCUT2D eigenvalue weighted by molar-refractivity contribution is 5.33. The molecule has 0 aliphatic carbocycles. The van der Waals surface area contributed by atoms with Gasteiger partial charge in [-0.05, 0) is 43.7 Å². The van der Waals surface area contributed by atoms with Crippen molar-refractivity contribution in [2.75, 3.05) is 0 Å². The topological polar surface area (TPSA) is 46.2 Å². The highest BCUT2D eigenvalue weighted by atomic mass is 16.3. The van der Waals surface area contributed by atoms with Crippen molar-refractivity contribution in [1.82, 2.24) is 0 Å². The van der Waals surface area contributed by atoms with Crippen molar-refractivity contribution in [2.24, 2.45) is 5.73 Å². The SMILES string of the molecule is CCC(N)C(O)CC(C)c1cc(C)ccc1C. The van der Waals surface area contributed by atoms with E-state index in [2.05, 4.69) is 39.0 Å². The van der Waals surface area contributed by atoms with Gasteiger partial charge in [0.15, 0.2) is 0 Å². The summed E-state index contributed by atoms with van der Waals surface area (Å²) in [5, 5.41) is 9.98. The minimum Gasteiger partial charge on any atom is -0.391 e. The largest absolute Gasteiger partial charge is 0.391 e. The molecule has 0 aromatic heterocycles. The van der Waals surface area contributed by atoms with Crippen molar-refractivity contribution in [2.45, 2.75) is 58.6 Å². The Balaban J connectivity index is 2.75. The van der Waals surface area contributed by atoms with Crippen molar-refractivity contribution in [3.8, 4) is 0 Å². The summed E-state index contributed by atoms with van der Waals surface area (Å²) in [4.78, 5) is 0. The first-order chi connectivity index (χ1) is 7.95. The molecule has 2 nitrogen and oxygen atoms in total. The molecule has 17 heavy (non-hydrogen) atoms. The molecule has 0 bridgehead atoms. The number of hydrogen-bond donors (Lipinski definition) is 2. The lowest BCUT2D eigenvalue weighted by Crippen LogP contribution is -2.34. The molecular formula is C15H25NO. The summed E-state index contributed by atoms with van der Waals surface area (Å²) in [6, 6.07) is 6.37. The molecule has 0 aliphatic rings. The van der Waals surface area contributed by atoms with Crippen molar-refractivity contribution in [1.29, 1.82) is 0 Å². The van der Waals surface area contributed by atoms with Gasteiger partial charge in [0, 0.05) is 6.04 Å². The Kier molecular flexibility index (Phi) is 5.16. The Hall–Kier alpha value is -0.860. The lowest BCUT2D eigenvalue weighted by molar-refractivity contribution is 0.126. The fourth-order valence-corrected chi connectivity index (χ4v) is 2.23. The summed E-state index contributed by atoms with van der Waals surface area (Å²) >= 11 is 0. The van der Waals surface area contributed by atoms with Gasteiger partial charge in [0.2, 0.25) is 0 Å². The Morgan fingerprint density at radius 2 is 1.94 bits per heavy atom. The Morgan fingerprint density at radius 3 is 2.53 bits per heavy atom. The third-order valence-corrected chi connectivity index (χ3v) is 3.53. The minimum atomic E-state index is -0.407. The first kappa shape index (κ1) is 14.2. The number of nitrogens with two attached hydrogens (primary N) is 1. The molecule has 0 amide bonds. The van der Waals surface area contributed by atoms with Crippen LogP contribution in [0.3, 0.4) is 0 Å². The van der Waals surface area contributed by atoms with E-state index in [1.807, 2.05) is 6.92 Å². The van der Waals surface area contributed by atoms with Gasteiger partial charge < -0.3 is 10.8 Å². The van der Waals surface area contributed by atoms with Crippen LogP contribution < -0.4 is 5.73 Å². The van der Waals surface area contributed by atoms with Crippen molar-refractivity contribution in [3.63, 3.8) is 0 Å². The predicted molar refractivity (Wildman–Crippen MR) is 73.2 cm³/mol. The van der Waals surface area contributed by atoms with Crippen molar-refractivity contribution < 1.29 is 5.11 Å². The van der Waals surface area contributed by atoms with Crippen molar-refractivity contribution >= 4 is 0 Å². The zero-order valence-corrected chi connectivity index (χ0v) is 11.4. The summed E-state index contributed by atoms with van der Waals surface area (Å²) in [5.74, 6) is 0.350. The maximum Gasteiger partial charge on any atom is 0.0696 e. The Bertz CT molecular complexity index is 362. The highest BCUT2D eigenvalue weighted by Gasteiger charge is 2.18. The van der Waals surface area contributed by atoms with Crippen LogP contribution >= 0.6 is 0 Å². The number of aliphatic hydroxyl groups excluding tert-OH is 1. The van der Waals surface area contributed by atoms with Gasteiger partial charge in [0.05, 0.1) is 6.10 Å². The molecular weight excluding hydrogens is 210 g/mol. The van der Waals surface area contributed by atoms with Crippen LogP contribution in [0.25, 0.3) is 0 Å². The van der Waals surface area contributed by atoms with E-state index < -0.39 is 6.10 Å². The second kappa shape index (κ2) is 6.18.